The van der Waals surface area contributed by atoms with Crippen LogP contribution in [0.25, 0.3) is 10.9 Å². The van der Waals surface area contributed by atoms with Gasteiger partial charge in [0.15, 0.2) is 6.61 Å². The molecule has 0 bridgehead atoms. The predicted octanol–water partition coefficient (Wildman–Crippen LogP) is 2.43. The number of hydrogen-bond acceptors (Lipinski definition) is 6. The van der Waals surface area contributed by atoms with Gasteiger partial charge in [-0.05, 0) is 48.2 Å². The van der Waals surface area contributed by atoms with Gasteiger partial charge >= 0.3 is 6.09 Å². The van der Waals surface area contributed by atoms with Gasteiger partial charge in [-0.2, -0.15) is 0 Å². The fourth-order valence-corrected chi connectivity index (χ4v) is 5.05. The highest BCUT2D eigenvalue weighted by molar-refractivity contribution is 5.97. The molecule has 2 amide bonds. The van der Waals surface area contributed by atoms with Gasteiger partial charge in [0, 0.05) is 30.8 Å². The van der Waals surface area contributed by atoms with E-state index >= 15 is 0 Å². The van der Waals surface area contributed by atoms with E-state index in [1.165, 1.54) is 5.56 Å². The van der Waals surface area contributed by atoms with Gasteiger partial charge < -0.3 is 24.7 Å². The molecule has 2 N–H and O–H groups in total. The summed E-state index contributed by atoms with van der Waals surface area (Å²) in [4.78, 5) is 37.9. The molecule has 3 aliphatic rings. The molecule has 34 heavy (non-hydrogen) atoms. The van der Waals surface area contributed by atoms with Gasteiger partial charge in [0.1, 0.15) is 11.9 Å². The van der Waals surface area contributed by atoms with Crippen molar-refractivity contribution in [1.82, 2.24) is 9.88 Å². The van der Waals surface area contributed by atoms with Crippen molar-refractivity contribution in [3.63, 3.8) is 0 Å². The quantitative estimate of drug-likeness (QED) is 0.548. The second kappa shape index (κ2) is 8.18. The largest absolute Gasteiger partial charge is 0.482 e. The lowest BCUT2D eigenvalue weighted by Crippen LogP contribution is -2.29. The van der Waals surface area contributed by atoms with Crippen LogP contribution in [0.1, 0.15) is 17.9 Å². The minimum atomic E-state index is -0.398. The molecule has 0 aliphatic carbocycles. The summed E-state index contributed by atoms with van der Waals surface area (Å²) in [5.74, 6) is 0.599. The molecule has 174 valence electrons. The standard InChI is InChI=1S/C25H24N4O5/c30-22-14-33-21-6-5-17(10-20(21)27-22)28-13-18(34-25(28)32)8-9-26-11-16-12-29-23(31)7-4-15-2-1-3-19(16)24(15)29/h1-7,10,16,18,26H,8-9,11-14H2,(H,27,30)/t16-,18-/m0/s1. The number of nitrogens with zero attached hydrogens (tertiary/aromatic N) is 2. The number of hydrogen-bond donors (Lipinski definition) is 2. The van der Waals surface area contributed by atoms with Crippen molar-refractivity contribution in [2.45, 2.75) is 25.0 Å². The van der Waals surface area contributed by atoms with E-state index in [9.17, 15) is 14.4 Å². The third-order valence-corrected chi connectivity index (χ3v) is 6.70. The van der Waals surface area contributed by atoms with Crippen LogP contribution in [0.5, 0.6) is 5.75 Å². The lowest BCUT2D eigenvalue weighted by Gasteiger charge is -2.20. The van der Waals surface area contributed by atoms with E-state index in [0.29, 0.717) is 43.2 Å². The lowest BCUT2D eigenvalue weighted by molar-refractivity contribution is -0.118. The lowest BCUT2D eigenvalue weighted by atomic mass is 10.00. The average Bonchev–Trinajstić information content (AvgIpc) is 3.40. The molecule has 1 aromatic heterocycles. The fourth-order valence-electron chi connectivity index (χ4n) is 5.05. The van der Waals surface area contributed by atoms with E-state index in [-0.39, 0.29) is 30.1 Å². The van der Waals surface area contributed by atoms with E-state index in [4.69, 9.17) is 9.47 Å². The van der Waals surface area contributed by atoms with E-state index in [0.717, 1.165) is 17.4 Å². The van der Waals surface area contributed by atoms with Crippen LogP contribution >= 0.6 is 0 Å². The van der Waals surface area contributed by atoms with E-state index in [1.54, 1.807) is 29.2 Å². The maximum absolute atomic E-state index is 12.5. The fraction of sp³-hybridized carbons (Fsp3) is 0.320. The zero-order valence-corrected chi connectivity index (χ0v) is 18.5. The Balaban J connectivity index is 1.05. The highest BCUT2D eigenvalue weighted by atomic mass is 16.6. The zero-order chi connectivity index (χ0) is 23.2. The van der Waals surface area contributed by atoms with Gasteiger partial charge in [-0.1, -0.05) is 18.2 Å². The number of ether oxygens (including phenoxy) is 2. The van der Waals surface area contributed by atoms with Crippen LogP contribution < -0.4 is 25.8 Å². The van der Waals surface area contributed by atoms with E-state index in [1.807, 2.05) is 22.8 Å². The van der Waals surface area contributed by atoms with Crippen molar-refractivity contribution in [2.24, 2.45) is 0 Å². The molecule has 3 aliphatic heterocycles. The number of para-hydroxylation sites is 1. The van der Waals surface area contributed by atoms with Crippen LogP contribution in [-0.2, 0) is 16.1 Å². The number of benzene rings is 2. The van der Waals surface area contributed by atoms with Crippen molar-refractivity contribution in [2.75, 3.05) is 36.5 Å². The third kappa shape index (κ3) is 3.58. The van der Waals surface area contributed by atoms with Crippen molar-refractivity contribution >= 4 is 34.3 Å². The molecule has 9 nitrogen and oxygen atoms in total. The first-order chi connectivity index (χ1) is 16.6. The van der Waals surface area contributed by atoms with Crippen molar-refractivity contribution in [3.8, 4) is 5.75 Å². The Morgan fingerprint density at radius 2 is 1.97 bits per heavy atom. The second-order valence-corrected chi connectivity index (χ2v) is 8.89. The summed E-state index contributed by atoms with van der Waals surface area (Å²) in [6.07, 6.45) is 0.0515. The van der Waals surface area contributed by atoms with Crippen LogP contribution in [-0.4, -0.2) is 48.9 Å². The number of nitrogens with one attached hydrogen (secondary N) is 2. The van der Waals surface area contributed by atoms with Crippen LogP contribution in [0.2, 0.25) is 0 Å². The monoisotopic (exact) mass is 460 g/mol. The summed E-state index contributed by atoms with van der Waals surface area (Å²) < 4.78 is 12.8. The summed E-state index contributed by atoms with van der Waals surface area (Å²) in [5, 5.41) is 7.33. The maximum atomic E-state index is 12.5. The number of amides is 2. The molecule has 6 rings (SSSR count). The summed E-state index contributed by atoms with van der Waals surface area (Å²) in [6, 6.07) is 15.0. The number of carbonyl (C=O) groups is 2. The molecule has 4 heterocycles. The van der Waals surface area contributed by atoms with E-state index < -0.39 is 6.09 Å². The Labute approximate surface area is 195 Å². The number of aromatic nitrogens is 1. The molecule has 9 heteroatoms. The van der Waals surface area contributed by atoms with Crippen LogP contribution in [0.15, 0.2) is 53.3 Å². The zero-order valence-electron chi connectivity index (χ0n) is 18.5. The van der Waals surface area contributed by atoms with Gasteiger partial charge in [0.05, 0.1) is 17.7 Å². The summed E-state index contributed by atoms with van der Waals surface area (Å²) >= 11 is 0. The minimum absolute atomic E-state index is 0.00793. The first-order valence-electron chi connectivity index (χ1n) is 11.4. The van der Waals surface area contributed by atoms with E-state index in [2.05, 4.69) is 16.7 Å². The normalized spacial score (nSPS) is 20.8. The second-order valence-electron chi connectivity index (χ2n) is 8.89. The third-order valence-electron chi connectivity index (χ3n) is 6.70. The van der Waals surface area contributed by atoms with Crippen LogP contribution in [0, 0.1) is 0 Å². The minimum Gasteiger partial charge on any atom is -0.482 e. The van der Waals surface area contributed by atoms with Crippen LogP contribution in [0.3, 0.4) is 0 Å². The first kappa shape index (κ1) is 20.7. The summed E-state index contributed by atoms with van der Waals surface area (Å²) in [7, 11) is 0. The van der Waals surface area contributed by atoms with Gasteiger partial charge in [0.25, 0.3) is 11.5 Å². The molecule has 2 aromatic carbocycles. The molecule has 1 fully saturated rings. The molecule has 0 unspecified atom stereocenters. The Bertz CT molecular complexity index is 1370. The number of cyclic esters (lactones) is 1. The van der Waals surface area contributed by atoms with Crippen molar-refractivity contribution < 1.29 is 19.1 Å². The number of carbonyl (C=O) groups excluding carboxylic acids is 2. The molecule has 2 atom stereocenters. The Kier molecular flexibility index (Phi) is 4.99. The van der Waals surface area contributed by atoms with Gasteiger partial charge in [0.2, 0.25) is 0 Å². The van der Waals surface area contributed by atoms with Gasteiger partial charge in [-0.15, -0.1) is 0 Å². The molecule has 0 saturated carbocycles. The first-order valence-corrected chi connectivity index (χ1v) is 11.4. The Hall–Kier alpha value is -3.85. The Morgan fingerprint density at radius 3 is 2.88 bits per heavy atom. The highest BCUT2D eigenvalue weighted by Crippen LogP contribution is 2.34. The number of pyridine rings is 1. The van der Waals surface area contributed by atoms with Crippen molar-refractivity contribution in [3.05, 3.63) is 64.4 Å². The predicted molar refractivity (Wildman–Crippen MR) is 127 cm³/mol. The molecular formula is C25H24N4O5. The molecular weight excluding hydrogens is 436 g/mol. The topological polar surface area (TPSA) is 102 Å². The number of anilines is 2. The summed E-state index contributed by atoms with van der Waals surface area (Å²) in [5.41, 5.74) is 3.48. The average molecular weight is 460 g/mol. The maximum Gasteiger partial charge on any atom is 0.414 e. The van der Waals surface area contributed by atoms with Gasteiger partial charge in [-0.25, -0.2) is 4.79 Å². The highest BCUT2D eigenvalue weighted by Gasteiger charge is 2.33. The number of fused-ring (bicyclic) bond motifs is 1. The van der Waals surface area contributed by atoms with Crippen LogP contribution in [0.4, 0.5) is 16.2 Å². The number of rotatable bonds is 6. The Morgan fingerprint density at radius 1 is 1.06 bits per heavy atom. The smallest absolute Gasteiger partial charge is 0.414 e. The van der Waals surface area contributed by atoms with Crippen molar-refractivity contribution in [1.29, 1.82) is 0 Å². The molecule has 0 spiro atoms. The molecule has 0 radical (unpaired) electrons. The SMILES string of the molecule is O=C1COc2ccc(N3C[C@H](CCNC[C@H]4Cn5c(=O)ccc6cccc4c65)OC3=O)cc2N1. The summed E-state index contributed by atoms with van der Waals surface area (Å²) in [6.45, 7) is 2.55. The molecule has 1 saturated heterocycles. The molecule has 3 aromatic rings. The van der Waals surface area contributed by atoms with Gasteiger partial charge in [-0.3, -0.25) is 14.5 Å².